The Kier molecular flexibility index (Phi) is 7.48. The Labute approximate surface area is 36.2 Å². The first-order valence-electron chi connectivity index (χ1n) is 1.32. The summed E-state index contributed by atoms with van der Waals surface area (Å²) in [6.45, 7) is -0.361. The molecule has 0 rings (SSSR count). The van der Waals surface area contributed by atoms with Crippen LogP contribution in [0.5, 0.6) is 0 Å². The number of hydrogen-bond donors (Lipinski definition) is 4. The molecule has 0 bridgehead atoms. The molecule has 0 aromatic heterocycles. The summed E-state index contributed by atoms with van der Waals surface area (Å²) >= 11 is 0. The van der Waals surface area contributed by atoms with Crippen molar-refractivity contribution in [2.45, 2.75) is 6.23 Å². The van der Waals surface area contributed by atoms with Crippen molar-refractivity contribution in [3.63, 3.8) is 0 Å². The van der Waals surface area contributed by atoms with E-state index in [9.17, 15) is 0 Å². The summed E-state index contributed by atoms with van der Waals surface area (Å²) in [6, 6.07) is 0. The minimum absolute atomic E-state index is 0. The number of hydrogen-bond acceptors (Lipinski definition) is 4. The van der Waals surface area contributed by atoms with E-state index in [2.05, 4.69) is 5.73 Å². The van der Waals surface area contributed by atoms with Gasteiger partial charge in [0.1, 0.15) is 6.23 Å². The van der Waals surface area contributed by atoms with E-state index in [1.165, 1.54) is 0 Å². The molecule has 0 spiro atoms. The number of nitrogens with two attached hydrogens (primary N) is 1. The zero-order valence-electron chi connectivity index (χ0n) is 3.46. The van der Waals surface area contributed by atoms with E-state index in [4.69, 9.17) is 10.2 Å². The molecule has 0 saturated carbocycles. The molecule has 4 nitrogen and oxygen atoms in total. The molecule has 0 saturated heterocycles. The lowest BCUT2D eigenvalue weighted by Crippen LogP contribution is -2.22. The second kappa shape index (κ2) is 4.84. The molecule has 6 heavy (non-hydrogen) atoms. The van der Waals surface area contributed by atoms with Crippen molar-refractivity contribution in [2.24, 2.45) is 5.73 Å². The molecule has 0 aliphatic heterocycles. The van der Waals surface area contributed by atoms with Crippen molar-refractivity contribution in [2.75, 3.05) is 6.61 Å². The molecule has 0 aliphatic carbocycles. The number of rotatable bonds is 1. The van der Waals surface area contributed by atoms with Crippen LogP contribution < -0.4 is 11.9 Å². The molecular weight excluding hydrogens is 84.0 g/mol. The highest BCUT2D eigenvalue weighted by molar-refractivity contribution is 4.30. The number of aliphatic hydroxyl groups excluding tert-OH is 2. The Bertz CT molecular complexity index is 23.5. The van der Waals surface area contributed by atoms with Crippen molar-refractivity contribution in [3.8, 4) is 0 Å². The normalized spacial score (nSPS) is 12.5. The van der Waals surface area contributed by atoms with E-state index in [-0.39, 0.29) is 12.8 Å². The van der Waals surface area contributed by atoms with Crippen molar-refractivity contribution in [1.29, 1.82) is 0 Å². The third-order valence-electron chi connectivity index (χ3n) is 0.187. The van der Waals surface area contributed by atoms with Gasteiger partial charge in [-0.3, -0.25) is 0 Å². The van der Waals surface area contributed by atoms with Gasteiger partial charge < -0.3 is 22.1 Å². The second-order valence-corrected chi connectivity index (χ2v) is 0.750. The summed E-state index contributed by atoms with van der Waals surface area (Å²) in [5.74, 6) is 0. The van der Waals surface area contributed by atoms with E-state index >= 15 is 0 Å². The van der Waals surface area contributed by atoms with Crippen LogP contribution in [0.4, 0.5) is 0 Å². The predicted molar refractivity (Wildman–Crippen MR) is 22.3 cm³/mol. The van der Waals surface area contributed by atoms with E-state index < -0.39 is 6.23 Å². The third-order valence-corrected chi connectivity index (χ3v) is 0.187. The molecule has 4 heteroatoms. The molecule has 0 fully saturated rings. The van der Waals surface area contributed by atoms with E-state index in [1.807, 2.05) is 0 Å². The third kappa shape index (κ3) is 9.15. The van der Waals surface area contributed by atoms with Gasteiger partial charge in [-0.2, -0.15) is 0 Å². The van der Waals surface area contributed by atoms with Gasteiger partial charge in [-0.15, -0.1) is 0 Å². The van der Waals surface area contributed by atoms with Crippen LogP contribution >= 0.6 is 0 Å². The van der Waals surface area contributed by atoms with Crippen LogP contribution in [0.2, 0.25) is 0 Å². The second-order valence-electron chi connectivity index (χ2n) is 0.750. The highest BCUT2D eigenvalue weighted by Crippen LogP contribution is 1.55. The monoisotopic (exact) mass is 94.1 g/mol. The van der Waals surface area contributed by atoms with Gasteiger partial charge in [-0.25, -0.2) is 0 Å². The van der Waals surface area contributed by atoms with Crippen LogP contribution in [0, 0.1) is 0 Å². The molecule has 0 aromatic rings. The van der Waals surface area contributed by atoms with Gasteiger partial charge in [0.15, 0.2) is 0 Å². The fraction of sp³-hybridized carbons (Fsp3) is 1.00. The lowest BCUT2D eigenvalue weighted by atomic mass is 10.7. The Morgan fingerprint density at radius 3 is 1.83 bits per heavy atom. The van der Waals surface area contributed by atoms with Gasteiger partial charge in [-0.05, 0) is 0 Å². The lowest BCUT2D eigenvalue weighted by molar-refractivity contribution is 0.101. The van der Waals surface area contributed by atoms with Gasteiger partial charge in [0.2, 0.25) is 0 Å². The highest BCUT2D eigenvalue weighted by atomic mass is 16.3. The van der Waals surface area contributed by atoms with E-state index in [0.717, 1.165) is 0 Å². The fourth-order valence-electron chi connectivity index (χ4n) is 0. The molecule has 0 aliphatic rings. The summed E-state index contributed by atoms with van der Waals surface area (Å²) in [5.41, 5.74) is 4.60. The summed E-state index contributed by atoms with van der Waals surface area (Å²) in [4.78, 5) is 0. The molecular formula is C2H10N2O2. The first-order valence-corrected chi connectivity index (χ1v) is 1.32. The van der Waals surface area contributed by atoms with Crippen LogP contribution in [-0.2, 0) is 0 Å². The zero-order chi connectivity index (χ0) is 4.28. The SMILES string of the molecule is N.NC(O)CO. The Hall–Kier alpha value is -0.160. The van der Waals surface area contributed by atoms with Crippen molar-refractivity contribution in [1.82, 2.24) is 6.15 Å². The summed E-state index contributed by atoms with van der Waals surface area (Å²) < 4.78 is 0. The van der Waals surface area contributed by atoms with Gasteiger partial charge >= 0.3 is 0 Å². The Balaban J connectivity index is 0. The standard InChI is InChI=1S/C2H7NO2.H3N/c3-2(5)1-4;/h2,4-5H,1,3H2;1H3. The van der Waals surface area contributed by atoms with Crippen molar-refractivity contribution >= 4 is 0 Å². The maximum atomic E-state index is 7.89. The molecule has 0 radical (unpaired) electrons. The summed E-state index contributed by atoms with van der Waals surface area (Å²) in [5, 5.41) is 15.7. The quantitative estimate of drug-likeness (QED) is 0.294. The van der Waals surface area contributed by atoms with Gasteiger partial charge in [0, 0.05) is 0 Å². The highest BCUT2D eigenvalue weighted by Gasteiger charge is 1.83. The summed E-state index contributed by atoms with van der Waals surface area (Å²) in [7, 11) is 0. The van der Waals surface area contributed by atoms with Gasteiger partial charge in [-0.1, -0.05) is 0 Å². The molecule has 40 valence electrons. The number of aliphatic hydroxyl groups is 2. The van der Waals surface area contributed by atoms with Crippen molar-refractivity contribution < 1.29 is 10.2 Å². The predicted octanol–water partition coefficient (Wildman–Crippen LogP) is -1.58. The molecule has 0 heterocycles. The minimum Gasteiger partial charge on any atom is -0.392 e. The molecule has 1 atom stereocenters. The average Bonchev–Trinajstić information content (AvgIpc) is 1.38. The first kappa shape index (κ1) is 9.28. The maximum Gasteiger partial charge on any atom is 0.125 e. The van der Waals surface area contributed by atoms with Crippen LogP contribution in [0.3, 0.4) is 0 Å². The van der Waals surface area contributed by atoms with Crippen LogP contribution in [0.1, 0.15) is 0 Å². The molecule has 7 N–H and O–H groups in total. The first-order chi connectivity index (χ1) is 2.27. The largest absolute Gasteiger partial charge is 0.392 e. The van der Waals surface area contributed by atoms with Crippen molar-refractivity contribution in [3.05, 3.63) is 0 Å². The zero-order valence-corrected chi connectivity index (χ0v) is 3.46. The Morgan fingerprint density at radius 2 is 1.83 bits per heavy atom. The fourth-order valence-corrected chi connectivity index (χ4v) is 0. The molecule has 0 aromatic carbocycles. The topological polar surface area (TPSA) is 101 Å². The minimum atomic E-state index is -1.06. The van der Waals surface area contributed by atoms with Crippen LogP contribution in [-0.4, -0.2) is 23.0 Å². The average molecular weight is 94.1 g/mol. The van der Waals surface area contributed by atoms with Gasteiger partial charge in [0.25, 0.3) is 0 Å². The molecule has 0 amide bonds. The molecule has 1 unspecified atom stereocenters. The van der Waals surface area contributed by atoms with Crippen LogP contribution in [0.25, 0.3) is 0 Å². The maximum absolute atomic E-state index is 7.89. The van der Waals surface area contributed by atoms with Gasteiger partial charge in [0.05, 0.1) is 6.61 Å². The van der Waals surface area contributed by atoms with E-state index in [0.29, 0.717) is 0 Å². The smallest absolute Gasteiger partial charge is 0.125 e. The Morgan fingerprint density at radius 1 is 1.67 bits per heavy atom. The van der Waals surface area contributed by atoms with Crippen LogP contribution in [0.15, 0.2) is 0 Å². The van der Waals surface area contributed by atoms with E-state index in [1.54, 1.807) is 0 Å². The summed E-state index contributed by atoms with van der Waals surface area (Å²) in [6.07, 6.45) is -1.06. The lowest BCUT2D eigenvalue weighted by Gasteiger charge is -1.91.